The molecule has 3 heterocycles. The van der Waals surface area contributed by atoms with Crippen LogP contribution in [0.5, 0.6) is 5.75 Å². The molecule has 1 spiro atoms. The number of piperidine rings is 2. The minimum absolute atomic E-state index is 0.229. The lowest BCUT2D eigenvalue weighted by Gasteiger charge is -2.48. The monoisotopic (exact) mass is 351 g/mol. The second-order valence-corrected chi connectivity index (χ2v) is 7.40. The number of likely N-dealkylation sites (tertiary alicyclic amines) is 1. The molecule has 1 aromatic carbocycles. The number of carbonyl (C=O) groups excluding carboxylic acids is 1. The molecule has 2 saturated heterocycles. The van der Waals surface area contributed by atoms with Crippen LogP contribution in [0.25, 0.3) is 0 Å². The average molecular weight is 351 g/mol. The summed E-state index contributed by atoms with van der Waals surface area (Å²) in [6.07, 6.45) is 8.02. The summed E-state index contributed by atoms with van der Waals surface area (Å²) in [6.45, 7) is 3.72. The number of aromatic nitrogens is 1. The molecule has 0 N–H and O–H groups in total. The van der Waals surface area contributed by atoms with Crippen molar-refractivity contribution >= 4 is 11.8 Å². The van der Waals surface area contributed by atoms with Crippen LogP contribution in [0.3, 0.4) is 0 Å². The van der Waals surface area contributed by atoms with Crippen molar-refractivity contribution in [3.8, 4) is 5.75 Å². The van der Waals surface area contributed by atoms with Crippen molar-refractivity contribution in [3.05, 3.63) is 54.9 Å². The van der Waals surface area contributed by atoms with Gasteiger partial charge in [-0.1, -0.05) is 18.2 Å². The van der Waals surface area contributed by atoms with Crippen molar-refractivity contribution in [1.82, 2.24) is 9.88 Å². The molecule has 0 saturated carbocycles. The third-order valence-electron chi connectivity index (χ3n) is 5.72. The van der Waals surface area contributed by atoms with Crippen LogP contribution in [0.4, 0.5) is 10.5 Å². The maximum Gasteiger partial charge on any atom is 0.415 e. The largest absolute Gasteiger partial charge is 0.415 e. The Morgan fingerprint density at radius 1 is 0.962 bits per heavy atom. The number of anilines is 1. The summed E-state index contributed by atoms with van der Waals surface area (Å²) in [4.78, 5) is 20.9. The third-order valence-corrected chi connectivity index (χ3v) is 5.72. The Bertz CT molecular complexity index is 727. The Kier molecular flexibility index (Phi) is 4.78. The Morgan fingerprint density at radius 2 is 1.69 bits per heavy atom. The van der Waals surface area contributed by atoms with Gasteiger partial charge in [-0.2, -0.15) is 0 Å². The summed E-state index contributed by atoms with van der Waals surface area (Å²) < 4.78 is 5.49. The van der Waals surface area contributed by atoms with E-state index < -0.39 is 0 Å². The fourth-order valence-corrected chi connectivity index (χ4v) is 4.21. The van der Waals surface area contributed by atoms with E-state index in [2.05, 4.69) is 22.0 Å². The van der Waals surface area contributed by atoms with Crippen molar-refractivity contribution in [2.75, 3.05) is 31.1 Å². The fourth-order valence-electron chi connectivity index (χ4n) is 4.21. The van der Waals surface area contributed by atoms with E-state index >= 15 is 0 Å². The van der Waals surface area contributed by atoms with E-state index in [0.29, 0.717) is 11.2 Å². The topological polar surface area (TPSA) is 45.7 Å². The maximum absolute atomic E-state index is 12.4. The van der Waals surface area contributed by atoms with Gasteiger partial charge in [0.1, 0.15) is 5.75 Å². The molecule has 0 unspecified atom stereocenters. The van der Waals surface area contributed by atoms with Crippen molar-refractivity contribution in [3.63, 3.8) is 0 Å². The van der Waals surface area contributed by atoms with Gasteiger partial charge in [-0.15, -0.1) is 0 Å². The maximum atomic E-state index is 12.4. The molecule has 0 aliphatic carbocycles. The minimum Gasteiger partial charge on any atom is -0.410 e. The van der Waals surface area contributed by atoms with Gasteiger partial charge >= 0.3 is 6.09 Å². The normalized spacial score (nSPS) is 19.4. The highest BCUT2D eigenvalue weighted by Crippen LogP contribution is 2.41. The Morgan fingerprint density at radius 3 is 2.42 bits per heavy atom. The van der Waals surface area contributed by atoms with Gasteiger partial charge < -0.3 is 14.5 Å². The number of hydrogen-bond acceptors (Lipinski definition) is 4. The first-order chi connectivity index (χ1) is 12.7. The molecule has 1 aromatic heterocycles. The van der Waals surface area contributed by atoms with Gasteiger partial charge in [0.2, 0.25) is 0 Å². The van der Waals surface area contributed by atoms with Gasteiger partial charge in [-0.25, -0.2) is 4.79 Å². The first-order valence-electron chi connectivity index (χ1n) is 9.41. The van der Waals surface area contributed by atoms with Crippen LogP contribution in [0.15, 0.2) is 54.9 Å². The number of para-hydroxylation sites is 1. The Labute approximate surface area is 154 Å². The van der Waals surface area contributed by atoms with E-state index in [1.54, 1.807) is 0 Å². The van der Waals surface area contributed by atoms with Gasteiger partial charge in [0.15, 0.2) is 0 Å². The predicted octanol–water partition coefficient (Wildman–Crippen LogP) is 3.96. The molecule has 5 nitrogen and oxygen atoms in total. The van der Waals surface area contributed by atoms with E-state index in [1.807, 2.05) is 47.6 Å². The summed E-state index contributed by atoms with van der Waals surface area (Å²) in [5.74, 6) is 0.610. The molecule has 0 radical (unpaired) electrons. The second-order valence-electron chi connectivity index (χ2n) is 7.40. The first kappa shape index (κ1) is 16.9. The van der Waals surface area contributed by atoms with Crippen LogP contribution in [0.2, 0.25) is 0 Å². The summed E-state index contributed by atoms with van der Waals surface area (Å²) in [5, 5.41) is 0. The lowest BCUT2D eigenvalue weighted by molar-refractivity contribution is 0.0830. The SMILES string of the molecule is O=C(Oc1ccccc1)N1CCC2(CCCN(c3ccncc3)C2)CC1. The van der Waals surface area contributed by atoms with E-state index in [4.69, 9.17) is 4.74 Å². The van der Waals surface area contributed by atoms with Crippen LogP contribution in [0.1, 0.15) is 25.7 Å². The molecule has 0 atom stereocenters. The lowest BCUT2D eigenvalue weighted by atomic mass is 9.72. The Balaban J connectivity index is 1.36. The highest BCUT2D eigenvalue weighted by Gasteiger charge is 2.39. The zero-order chi connectivity index (χ0) is 17.8. The standard InChI is InChI=1S/C21H25N3O2/c25-20(26-19-5-2-1-3-6-19)23-15-10-21(11-16-23)9-4-14-24(17-21)18-7-12-22-13-8-18/h1-3,5-8,12-13H,4,9-11,14-17H2. The number of hydrogen-bond donors (Lipinski definition) is 0. The number of nitrogens with zero attached hydrogens (tertiary/aromatic N) is 3. The molecular weight excluding hydrogens is 326 g/mol. The predicted molar refractivity (Wildman–Crippen MR) is 101 cm³/mol. The molecule has 2 aliphatic heterocycles. The number of amides is 1. The van der Waals surface area contributed by atoms with Crippen molar-refractivity contribution in [2.45, 2.75) is 25.7 Å². The van der Waals surface area contributed by atoms with E-state index in [9.17, 15) is 4.79 Å². The lowest BCUT2D eigenvalue weighted by Crippen LogP contribution is -2.51. The number of ether oxygens (including phenoxy) is 1. The van der Waals surface area contributed by atoms with E-state index in [-0.39, 0.29) is 6.09 Å². The Hall–Kier alpha value is -2.56. The number of pyridine rings is 1. The molecule has 0 bridgehead atoms. The van der Waals surface area contributed by atoms with E-state index in [1.165, 1.54) is 18.5 Å². The van der Waals surface area contributed by atoms with Crippen LogP contribution in [0, 0.1) is 5.41 Å². The highest BCUT2D eigenvalue weighted by atomic mass is 16.6. The molecule has 136 valence electrons. The average Bonchev–Trinajstić information content (AvgIpc) is 2.70. The molecule has 2 aliphatic rings. The van der Waals surface area contributed by atoms with Gasteiger partial charge in [-0.05, 0) is 55.4 Å². The highest BCUT2D eigenvalue weighted by molar-refractivity contribution is 5.70. The zero-order valence-corrected chi connectivity index (χ0v) is 15.0. The zero-order valence-electron chi connectivity index (χ0n) is 15.0. The van der Waals surface area contributed by atoms with Crippen molar-refractivity contribution in [2.24, 2.45) is 5.41 Å². The van der Waals surface area contributed by atoms with Gasteiger partial charge in [-0.3, -0.25) is 4.98 Å². The minimum atomic E-state index is -0.229. The summed E-state index contributed by atoms with van der Waals surface area (Å²) in [7, 11) is 0. The summed E-state index contributed by atoms with van der Waals surface area (Å²) in [6, 6.07) is 13.5. The smallest absolute Gasteiger partial charge is 0.410 e. The second kappa shape index (κ2) is 7.36. The van der Waals surface area contributed by atoms with Crippen LogP contribution in [-0.4, -0.2) is 42.2 Å². The number of rotatable bonds is 2. The fraction of sp³-hybridized carbons (Fsp3) is 0.429. The van der Waals surface area contributed by atoms with E-state index in [0.717, 1.165) is 39.0 Å². The van der Waals surface area contributed by atoms with Gasteiger partial charge in [0.25, 0.3) is 0 Å². The molecule has 2 fully saturated rings. The summed E-state index contributed by atoms with van der Waals surface area (Å²) >= 11 is 0. The quantitative estimate of drug-likeness (QED) is 0.821. The first-order valence-corrected chi connectivity index (χ1v) is 9.41. The molecule has 4 rings (SSSR count). The molecule has 26 heavy (non-hydrogen) atoms. The summed E-state index contributed by atoms with van der Waals surface area (Å²) in [5.41, 5.74) is 1.57. The van der Waals surface area contributed by atoms with Crippen molar-refractivity contribution < 1.29 is 9.53 Å². The number of benzene rings is 1. The van der Waals surface area contributed by atoms with Crippen LogP contribution in [-0.2, 0) is 0 Å². The molecule has 5 heteroatoms. The third kappa shape index (κ3) is 3.66. The van der Waals surface area contributed by atoms with Gasteiger partial charge in [0, 0.05) is 44.3 Å². The molecular formula is C21H25N3O2. The number of carbonyl (C=O) groups is 1. The van der Waals surface area contributed by atoms with Crippen LogP contribution < -0.4 is 9.64 Å². The van der Waals surface area contributed by atoms with Crippen molar-refractivity contribution in [1.29, 1.82) is 0 Å². The molecule has 1 amide bonds. The van der Waals surface area contributed by atoms with Gasteiger partial charge in [0.05, 0.1) is 0 Å². The van der Waals surface area contributed by atoms with Crippen LogP contribution >= 0.6 is 0 Å². The molecule has 2 aromatic rings.